The first-order chi connectivity index (χ1) is 13.4. The normalized spacial score (nSPS) is 19.9. The predicted molar refractivity (Wildman–Crippen MR) is 105 cm³/mol. The number of rotatable bonds is 4. The van der Waals surface area contributed by atoms with Crippen molar-refractivity contribution in [2.45, 2.75) is 24.7 Å². The maximum Gasteiger partial charge on any atom is 0.243 e. The van der Waals surface area contributed by atoms with Gasteiger partial charge in [-0.25, -0.2) is 8.42 Å². The molecule has 0 saturated carbocycles. The molecular formula is C20H23N3O4S. The van der Waals surface area contributed by atoms with E-state index in [9.17, 15) is 13.2 Å². The summed E-state index contributed by atoms with van der Waals surface area (Å²) < 4.78 is 33.4. The lowest BCUT2D eigenvalue weighted by molar-refractivity contribution is -0.116. The van der Waals surface area contributed by atoms with Crippen LogP contribution in [-0.2, 0) is 21.2 Å². The van der Waals surface area contributed by atoms with Crippen LogP contribution >= 0.6 is 0 Å². The van der Waals surface area contributed by atoms with Gasteiger partial charge in [-0.1, -0.05) is 6.07 Å². The van der Waals surface area contributed by atoms with Gasteiger partial charge in [-0.05, 0) is 48.6 Å². The predicted octanol–water partition coefficient (Wildman–Crippen LogP) is 2.08. The van der Waals surface area contributed by atoms with Crippen molar-refractivity contribution in [1.82, 2.24) is 9.29 Å². The summed E-state index contributed by atoms with van der Waals surface area (Å²) >= 11 is 0. The molecule has 4 rings (SSSR count). The molecule has 0 N–H and O–H groups in total. The Morgan fingerprint density at radius 3 is 2.89 bits per heavy atom. The highest BCUT2D eigenvalue weighted by molar-refractivity contribution is 7.89. The molecule has 28 heavy (non-hydrogen) atoms. The Morgan fingerprint density at radius 1 is 1.29 bits per heavy atom. The van der Waals surface area contributed by atoms with Crippen LogP contribution in [0.2, 0.25) is 0 Å². The fraction of sp³-hybridized carbons (Fsp3) is 0.400. The molecule has 0 aliphatic carbocycles. The van der Waals surface area contributed by atoms with Gasteiger partial charge in [-0.2, -0.15) is 4.31 Å². The zero-order valence-corrected chi connectivity index (χ0v) is 16.6. The summed E-state index contributed by atoms with van der Waals surface area (Å²) in [4.78, 5) is 17.8. The Labute approximate surface area is 165 Å². The summed E-state index contributed by atoms with van der Waals surface area (Å²) in [5.74, 6) is 0.682. The smallest absolute Gasteiger partial charge is 0.243 e. The van der Waals surface area contributed by atoms with Crippen molar-refractivity contribution in [1.29, 1.82) is 0 Å². The van der Waals surface area contributed by atoms with E-state index < -0.39 is 10.0 Å². The lowest BCUT2D eigenvalue weighted by Crippen LogP contribution is -2.36. The number of hydrogen-bond acceptors (Lipinski definition) is 5. The first kappa shape index (κ1) is 18.9. The van der Waals surface area contributed by atoms with E-state index in [1.165, 1.54) is 11.2 Å². The molecule has 1 amide bonds. The standard InChI is InChI=1S/C20H23N3O4S/c1-15(24)23-9-10-27-20-5-4-18(12-19(20)23)28(25,26)22-8-6-17(14-22)11-16-3-2-7-21-13-16/h2-5,7,12-13,17H,6,8-11,14H2,1H3. The molecule has 2 aliphatic heterocycles. The van der Waals surface area contributed by atoms with Gasteiger partial charge in [0.15, 0.2) is 0 Å². The van der Waals surface area contributed by atoms with Gasteiger partial charge in [0.25, 0.3) is 0 Å². The Hall–Kier alpha value is -2.45. The lowest BCUT2D eigenvalue weighted by atomic mass is 10.0. The molecule has 1 fully saturated rings. The average molecular weight is 401 g/mol. The van der Waals surface area contributed by atoms with Gasteiger partial charge in [-0.15, -0.1) is 0 Å². The number of nitrogens with zero attached hydrogens (tertiary/aromatic N) is 3. The second-order valence-electron chi connectivity index (χ2n) is 7.23. The van der Waals surface area contributed by atoms with E-state index in [-0.39, 0.29) is 16.7 Å². The number of sulfonamides is 1. The van der Waals surface area contributed by atoms with Gasteiger partial charge in [0.1, 0.15) is 12.4 Å². The third-order valence-electron chi connectivity index (χ3n) is 5.31. The number of benzene rings is 1. The largest absolute Gasteiger partial charge is 0.490 e. The van der Waals surface area contributed by atoms with Crippen LogP contribution in [0.3, 0.4) is 0 Å². The zero-order chi connectivity index (χ0) is 19.7. The second-order valence-corrected chi connectivity index (χ2v) is 9.17. The van der Waals surface area contributed by atoms with Crippen LogP contribution in [-0.4, -0.2) is 49.9 Å². The third-order valence-corrected chi connectivity index (χ3v) is 7.17. The van der Waals surface area contributed by atoms with E-state index in [0.29, 0.717) is 37.7 Å². The Morgan fingerprint density at radius 2 is 2.14 bits per heavy atom. The van der Waals surface area contributed by atoms with Crippen LogP contribution in [0, 0.1) is 5.92 Å². The molecule has 1 saturated heterocycles. The first-order valence-corrected chi connectivity index (χ1v) is 10.8. The van der Waals surface area contributed by atoms with Gasteiger partial charge < -0.3 is 9.64 Å². The van der Waals surface area contributed by atoms with Crippen molar-refractivity contribution in [3.8, 4) is 5.75 Å². The van der Waals surface area contributed by atoms with E-state index in [0.717, 1.165) is 18.4 Å². The van der Waals surface area contributed by atoms with Gasteiger partial charge in [0.05, 0.1) is 17.1 Å². The highest BCUT2D eigenvalue weighted by atomic mass is 32.2. The maximum absolute atomic E-state index is 13.2. The summed E-state index contributed by atoms with van der Waals surface area (Å²) in [6.07, 6.45) is 5.20. The molecule has 148 valence electrons. The van der Waals surface area contributed by atoms with Gasteiger partial charge in [-0.3, -0.25) is 9.78 Å². The van der Waals surface area contributed by atoms with Crippen LogP contribution in [0.4, 0.5) is 5.69 Å². The molecular weight excluding hydrogens is 378 g/mol. The molecule has 0 spiro atoms. The Bertz CT molecular complexity index is 978. The SMILES string of the molecule is CC(=O)N1CCOc2ccc(S(=O)(=O)N3CCC(Cc4cccnc4)C3)cc21. The summed E-state index contributed by atoms with van der Waals surface area (Å²) in [6.45, 7) is 3.28. The summed E-state index contributed by atoms with van der Waals surface area (Å²) in [5, 5.41) is 0. The van der Waals surface area contributed by atoms with Gasteiger partial charge >= 0.3 is 0 Å². The van der Waals surface area contributed by atoms with E-state index in [1.807, 2.05) is 18.3 Å². The molecule has 3 heterocycles. The van der Waals surface area contributed by atoms with Crippen molar-refractivity contribution in [2.24, 2.45) is 5.92 Å². The van der Waals surface area contributed by atoms with Gasteiger partial charge in [0.2, 0.25) is 15.9 Å². The van der Waals surface area contributed by atoms with E-state index in [2.05, 4.69) is 4.98 Å². The average Bonchev–Trinajstić information content (AvgIpc) is 3.17. The quantitative estimate of drug-likeness (QED) is 0.784. The molecule has 1 aromatic carbocycles. The number of ether oxygens (including phenoxy) is 1. The number of hydrogen-bond donors (Lipinski definition) is 0. The number of fused-ring (bicyclic) bond motifs is 1. The summed E-state index contributed by atoms with van der Waals surface area (Å²) in [5.41, 5.74) is 1.64. The molecule has 1 unspecified atom stereocenters. The number of carbonyl (C=O) groups is 1. The van der Waals surface area contributed by atoms with E-state index in [1.54, 1.807) is 29.3 Å². The van der Waals surface area contributed by atoms with Crippen LogP contribution in [0.15, 0.2) is 47.6 Å². The summed E-state index contributed by atoms with van der Waals surface area (Å²) in [7, 11) is -3.62. The highest BCUT2D eigenvalue weighted by Gasteiger charge is 2.34. The second kappa shape index (κ2) is 7.52. The summed E-state index contributed by atoms with van der Waals surface area (Å²) in [6, 6.07) is 8.67. The molecule has 2 aliphatic rings. The number of pyridine rings is 1. The maximum atomic E-state index is 13.2. The fourth-order valence-corrected chi connectivity index (χ4v) is 5.42. The van der Waals surface area contributed by atoms with Crippen molar-refractivity contribution < 1.29 is 17.9 Å². The Balaban J connectivity index is 1.54. The molecule has 1 aromatic heterocycles. The number of anilines is 1. The minimum Gasteiger partial charge on any atom is -0.490 e. The molecule has 1 atom stereocenters. The minimum atomic E-state index is -3.62. The Kier molecular flexibility index (Phi) is 5.07. The monoisotopic (exact) mass is 401 g/mol. The van der Waals surface area contributed by atoms with Crippen molar-refractivity contribution in [2.75, 3.05) is 31.1 Å². The van der Waals surface area contributed by atoms with Crippen LogP contribution < -0.4 is 9.64 Å². The highest BCUT2D eigenvalue weighted by Crippen LogP contribution is 2.35. The lowest BCUT2D eigenvalue weighted by Gasteiger charge is -2.29. The van der Waals surface area contributed by atoms with Gasteiger partial charge in [0, 0.05) is 32.4 Å². The third kappa shape index (κ3) is 3.62. The van der Waals surface area contributed by atoms with Crippen LogP contribution in [0.1, 0.15) is 18.9 Å². The van der Waals surface area contributed by atoms with Crippen LogP contribution in [0.25, 0.3) is 0 Å². The van der Waals surface area contributed by atoms with Crippen molar-refractivity contribution >= 4 is 21.6 Å². The van der Waals surface area contributed by atoms with E-state index >= 15 is 0 Å². The molecule has 0 radical (unpaired) electrons. The van der Waals surface area contributed by atoms with Crippen LogP contribution in [0.5, 0.6) is 5.75 Å². The molecule has 0 bridgehead atoms. The number of carbonyl (C=O) groups excluding carboxylic acids is 1. The molecule has 7 nitrogen and oxygen atoms in total. The molecule has 8 heteroatoms. The van der Waals surface area contributed by atoms with E-state index in [4.69, 9.17) is 4.74 Å². The molecule has 2 aromatic rings. The van der Waals surface area contributed by atoms with Crippen molar-refractivity contribution in [3.63, 3.8) is 0 Å². The number of aromatic nitrogens is 1. The fourth-order valence-electron chi connectivity index (χ4n) is 3.87. The first-order valence-electron chi connectivity index (χ1n) is 9.39. The minimum absolute atomic E-state index is 0.128. The zero-order valence-electron chi connectivity index (χ0n) is 15.7. The topological polar surface area (TPSA) is 79.8 Å². The van der Waals surface area contributed by atoms with Crippen molar-refractivity contribution in [3.05, 3.63) is 48.3 Å². The number of amides is 1.